The maximum absolute atomic E-state index is 12.9. The van der Waals surface area contributed by atoms with Crippen molar-refractivity contribution in [1.82, 2.24) is 5.32 Å². The van der Waals surface area contributed by atoms with Crippen LogP contribution in [0.25, 0.3) is 0 Å². The van der Waals surface area contributed by atoms with Gasteiger partial charge in [-0.05, 0) is 60.8 Å². The maximum Gasteiger partial charge on any atom is 0.416 e. The van der Waals surface area contributed by atoms with Crippen molar-refractivity contribution < 1.29 is 31.1 Å². The summed E-state index contributed by atoms with van der Waals surface area (Å²) in [6, 6.07) is 8.72. The number of hydrogen-bond donors (Lipinski definition) is 1. The third-order valence-corrected chi connectivity index (χ3v) is 4.62. The Morgan fingerprint density at radius 1 is 0.893 bits per heavy atom. The van der Waals surface area contributed by atoms with E-state index in [2.05, 4.69) is 5.32 Å². The second-order valence-electron chi connectivity index (χ2n) is 6.78. The smallest absolute Gasteiger partial charge is 0.416 e. The van der Waals surface area contributed by atoms with Gasteiger partial charge in [0.05, 0.1) is 11.1 Å². The molecule has 0 amide bonds. The Morgan fingerprint density at radius 2 is 1.57 bits per heavy atom. The molecule has 1 aliphatic heterocycles. The van der Waals surface area contributed by atoms with Gasteiger partial charge in [0, 0.05) is 6.04 Å². The topological polar surface area (TPSA) is 21.3 Å². The zero-order valence-corrected chi connectivity index (χ0v) is 14.8. The number of nitrogens with one attached hydrogen (secondary N) is 1. The van der Waals surface area contributed by atoms with Gasteiger partial charge in [0.25, 0.3) is 0 Å². The molecule has 2 aromatic carbocycles. The average Bonchev–Trinajstić information content (AvgIpc) is 2.66. The van der Waals surface area contributed by atoms with E-state index in [1.165, 1.54) is 0 Å². The molecule has 3 rings (SSSR count). The van der Waals surface area contributed by atoms with Crippen LogP contribution < -0.4 is 10.1 Å². The van der Waals surface area contributed by atoms with Gasteiger partial charge in [-0.3, -0.25) is 0 Å². The Balaban J connectivity index is 1.78. The molecule has 152 valence electrons. The van der Waals surface area contributed by atoms with E-state index in [0.717, 1.165) is 31.4 Å². The first-order valence-electron chi connectivity index (χ1n) is 8.87. The SMILES string of the molecule is FC(F)(F)c1cc(COc2cccc(C3CCCCN3)c2)cc(C(F)(F)F)c1. The lowest BCUT2D eigenvalue weighted by Crippen LogP contribution is -2.26. The average molecular weight is 403 g/mol. The largest absolute Gasteiger partial charge is 0.489 e. The number of rotatable bonds is 4. The monoisotopic (exact) mass is 403 g/mol. The minimum Gasteiger partial charge on any atom is -0.489 e. The summed E-state index contributed by atoms with van der Waals surface area (Å²) in [6.45, 7) is 0.509. The Bertz CT molecular complexity index is 777. The molecule has 1 N–H and O–H groups in total. The lowest BCUT2D eigenvalue weighted by molar-refractivity contribution is -0.143. The molecular weight excluding hydrogens is 384 g/mol. The molecule has 1 unspecified atom stereocenters. The van der Waals surface area contributed by atoms with E-state index < -0.39 is 30.1 Å². The molecule has 0 bridgehead atoms. The number of benzene rings is 2. The number of hydrogen-bond acceptors (Lipinski definition) is 2. The summed E-state index contributed by atoms with van der Waals surface area (Å²) >= 11 is 0. The van der Waals surface area contributed by atoms with Crippen molar-refractivity contribution in [2.75, 3.05) is 6.54 Å². The van der Waals surface area contributed by atoms with E-state index in [0.29, 0.717) is 17.9 Å². The normalized spacial score (nSPS) is 18.1. The summed E-state index contributed by atoms with van der Waals surface area (Å²) in [7, 11) is 0. The summed E-state index contributed by atoms with van der Waals surface area (Å²) in [6.07, 6.45) is -6.59. The van der Waals surface area contributed by atoms with Crippen molar-refractivity contribution in [3.63, 3.8) is 0 Å². The predicted octanol–water partition coefficient (Wildman–Crippen LogP) is 6.12. The van der Waals surface area contributed by atoms with Crippen LogP contribution >= 0.6 is 0 Å². The van der Waals surface area contributed by atoms with Crippen LogP contribution in [0.2, 0.25) is 0 Å². The molecule has 0 radical (unpaired) electrons. The second kappa shape index (κ2) is 8.03. The highest BCUT2D eigenvalue weighted by Crippen LogP contribution is 2.36. The lowest BCUT2D eigenvalue weighted by atomic mass is 9.97. The van der Waals surface area contributed by atoms with E-state index in [1.54, 1.807) is 18.2 Å². The number of alkyl halides is 6. The minimum atomic E-state index is -4.87. The van der Waals surface area contributed by atoms with Crippen molar-refractivity contribution in [3.05, 3.63) is 64.7 Å². The molecule has 28 heavy (non-hydrogen) atoms. The Labute approximate surface area is 158 Å². The summed E-state index contributed by atoms with van der Waals surface area (Å²) < 4.78 is 83.2. The van der Waals surface area contributed by atoms with Gasteiger partial charge in [-0.1, -0.05) is 18.6 Å². The van der Waals surface area contributed by atoms with E-state index >= 15 is 0 Å². The summed E-state index contributed by atoms with van der Waals surface area (Å²) in [4.78, 5) is 0. The van der Waals surface area contributed by atoms with E-state index in [4.69, 9.17) is 4.74 Å². The van der Waals surface area contributed by atoms with Crippen LogP contribution in [0.4, 0.5) is 26.3 Å². The standard InChI is InChI=1S/C20H19F6NO/c21-19(22,23)15-8-13(9-16(11-15)20(24,25)26)12-28-17-5-3-4-14(10-17)18-6-1-2-7-27-18/h3-5,8-11,18,27H,1-2,6-7,12H2. The molecule has 1 aliphatic rings. The van der Waals surface area contributed by atoms with Crippen molar-refractivity contribution in [1.29, 1.82) is 0 Å². The molecule has 1 saturated heterocycles. The first-order valence-corrected chi connectivity index (χ1v) is 8.87. The zero-order chi connectivity index (χ0) is 20.4. The fourth-order valence-electron chi connectivity index (χ4n) is 3.23. The van der Waals surface area contributed by atoms with Crippen molar-refractivity contribution in [2.24, 2.45) is 0 Å². The Hall–Kier alpha value is -2.22. The van der Waals surface area contributed by atoms with Crippen LogP contribution in [0.15, 0.2) is 42.5 Å². The second-order valence-corrected chi connectivity index (χ2v) is 6.78. The minimum absolute atomic E-state index is 0.110. The Morgan fingerprint density at radius 3 is 2.14 bits per heavy atom. The fourth-order valence-corrected chi connectivity index (χ4v) is 3.23. The number of piperidine rings is 1. The van der Waals surface area contributed by atoms with Crippen LogP contribution in [0.1, 0.15) is 47.6 Å². The van der Waals surface area contributed by atoms with Crippen molar-refractivity contribution >= 4 is 0 Å². The fraction of sp³-hybridized carbons (Fsp3) is 0.400. The summed E-state index contributed by atoms with van der Waals surface area (Å²) in [5, 5.41) is 3.38. The van der Waals surface area contributed by atoms with Crippen molar-refractivity contribution in [3.8, 4) is 5.75 Å². The molecule has 2 nitrogen and oxygen atoms in total. The lowest BCUT2D eigenvalue weighted by Gasteiger charge is -2.24. The predicted molar refractivity (Wildman–Crippen MR) is 91.8 cm³/mol. The van der Waals surface area contributed by atoms with Gasteiger partial charge in [-0.25, -0.2) is 0 Å². The van der Waals surface area contributed by atoms with Crippen LogP contribution in [-0.2, 0) is 19.0 Å². The van der Waals surface area contributed by atoms with Crippen molar-refractivity contribution in [2.45, 2.75) is 44.3 Å². The van der Waals surface area contributed by atoms with E-state index in [1.807, 2.05) is 6.07 Å². The van der Waals surface area contributed by atoms with Gasteiger partial charge in [0.15, 0.2) is 0 Å². The van der Waals surface area contributed by atoms with Crippen LogP contribution in [0.3, 0.4) is 0 Å². The van der Waals surface area contributed by atoms with Gasteiger partial charge in [-0.15, -0.1) is 0 Å². The quantitative estimate of drug-likeness (QED) is 0.621. The third-order valence-electron chi connectivity index (χ3n) is 4.62. The first-order chi connectivity index (χ1) is 13.1. The van der Waals surface area contributed by atoms with Gasteiger partial charge in [-0.2, -0.15) is 26.3 Å². The molecule has 8 heteroatoms. The number of ether oxygens (including phenoxy) is 1. The summed E-state index contributed by atoms with van der Waals surface area (Å²) in [5.41, 5.74) is -1.90. The molecule has 1 heterocycles. The highest BCUT2D eigenvalue weighted by molar-refractivity contribution is 5.35. The van der Waals surface area contributed by atoms with Gasteiger partial charge in [0.1, 0.15) is 12.4 Å². The van der Waals surface area contributed by atoms with Gasteiger partial charge < -0.3 is 10.1 Å². The van der Waals surface area contributed by atoms with E-state index in [-0.39, 0.29) is 17.7 Å². The highest BCUT2D eigenvalue weighted by atomic mass is 19.4. The van der Waals surface area contributed by atoms with E-state index in [9.17, 15) is 26.3 Å². The molecule has 0 saturated carbocycles. The molecule has 2 aromatic rings. The van der Waals surface area contributed by atoms with Gasteiger partial charge >= 0.3 is 12.4 Å². The molecule has 0 spiro atoms. The van der Waals surface area contributed by atoms with Gasteiger partial charge in [0.2, 0.25) is 0 Å². The zero-order valence-electron chi connectivity index (χ0n) is 14.8. The maximum atomic E-state index is 12.9. The first kappa shape index (κ1) is 20.5. The molecule has 0 aliphatic carbocycles. The molecule has 1 atom stereocenters. The highest BCUT2D eigenvalue weighted by Gasteiger charge is 2.36. The number of halogens is 6. The molecule has 1 fully saturated rings. The third kappa shape index (κ3) is 5.19. The van der Waals surface area contributed by atoms with Crippen LogP contribution in [-0.4, -0.2) is 6.54 Å². The van der Waals surface area contributed by atoms with Crippen LogP contribution in [0, 0.1) is 0 Å². The molecular formula is C20H19F6NO. The Kier molecular flexibility index (Phi) is 5.88. The molecule has 0 aromatic heterocycles. The van der Waals surface area contributed by atoms with Crippen LogP contribution in [0.5, 0.6) is 5.75 Å². The summed E-state index contributed by atoms with van der Waals surface area (Å²) in [5.74, 6) is 0.399.